The van der Waals surface area contributed by atoms with Gasteiger partial charge in [0.2, 0.25) is 0 Å². The van der Waals surface area contributed by atoms with E-state index in [2.05, 4.69) is 10.1 Å². The van der Waals surface area contributed by atoms with Crippen LogP contribution in [-0.2, 0) is 6.54 Å². The number of hydrogen-bond donors (Lipinski definition) is 0. The molecule has 4 rings (SSSR count). The van der Waals surface area contributed by atoms with Crippen molar-refractivity contribution >= 4 is 5.91 Å². The number of benzene rings is 1. The Bertz CT molecular complexity index is 819. The van der Waals surface area contributed by atoms with E-state index in [1.165, 1.54) is 12.5 Å². The van der Waals surface area contributed by atoms with Gasteiger partial charge in [0, 0.05) is 37.8 Å². The summed E-state index contributed by atoms with van der Waals surface area (Å²) in [6, 6.07) is 13.7. The van der Waals surface area contributed by atoms with Gasteiger partial charge in [-0.2, -0.15) is 0 Å². The third-order valence-corrected chi connectivity index (χ3v) is 4.44. The molecule has 0 aliphatic carbocycles. The average Bonchev–Trinajstić information content (AvgIpc) is 3.35. The average molecular weight is 337 g/mol. The number of piperazine rings is 1. The summed E-state index contributed by atoms with van der Waals surface area (Å²) in [7, 11) is 0. The predicted molar refractivity (Wildman–Crippen MR) is 91.8 cm³/mol. The first-order valence-electron chi connectivity index (χ1n) is 8.34. The fourth-order valence-electron chi connectivity index (χ4n) is 3.03. The van der Waals surface area contributed by atoms with Crippen LogP contribution in [-0.4, -0.2) is 47.0 Å². The number of aromatic nitrogens is 1. The van der Waals surface area contributed by atoms with E-state index in [1.54, 1.807) is 6.07 Å². The summed E-state index contributed by atoms with van der Waals surface area (Å²) in [6.07, 6.45) is 3.02. The van der Waals surface area contributed by atoms with E-state index in [0.29, 0.717) is 25.2 Å². The van der Waals surface area contributed by atoms with Crippen molar-refractivity contribution in [3.63, 3.8) is 0 Å². The molecule has 1 aromatic carbocycles. The van der Waals surface area contributed by atoms with Crippen LogP contribution < -0.4 is 0 Å². The van der Waals surface area contributed by atoms with Gasteiger partial charge in [-0.3, -0.25) is 9.69 Å². The number of amides is 1. The van der Waals surface area contributed by atoms with E-state index in [9.17, 15) is 4.79 Å². The summed E-state index contributed by atoms with van der Waals surface area (Å²) in [5.74, 6) is 0.868. The zero-order valence-corrected chi connectivity index (χ0v) is 13.8. The predicted octanol–water partition coefficient (Wildman–Crippen LogP) is 2.89. The molecular formula is C19H19N3O3. The molecule has 0 spiro atoms. The van der Waals surface area contributed by atoms with Gasteiger partial charge in [-0.1, -0.05) is 35.5 Å². The second-order valence-corrected chi connectivity index (χ2v) is 6.12. The highest BCUT2D eigenvalue weighted by Gasteiger charge is 2.23. The van der Waals surface area contributed by atoms with Crippen LogP contribution in [0.1, 0.15) is 16.1 Å². The molecule has 0 atom stereocenters. The molecule has 0 unspecified atom stereocenters. The highest BCUT2D eigenvalue weighted by atomic mass is 16.5. The van der Waals surface area contributed by atoms with Gasteiger partial charge in [0.15, 0.2) is 5.76 Å². The maximum atomic E-state index is 12.3. The maximum Gasteiger partial charge on any atom is 0.257 e. The summed E-state index contributed by atoms with van der Waals surface area (Å²) >= 11 is 0. The third kappa shape index (κ3) is 3.49. The topological polar surface area (TPSA) is 62.7 Å². The van der Waals surface area contributed by atoms with Crippen molar-refractivity contribution < 1.29 is 13.7 Å². The number of furan rings is 1. The molecule has 1 amide bonds. The van der Waals surface area contributed by atoms with Crippen LogP contribution >= 0.6 is 0 Å². The number of rotatable bonds is 4. The fourth-order valence-corrected chi connectivity index (χ4v) is 3.03. The molecule has 0 bridgehead atoms. The van der Waals surface area contributed by atoms with Crippen LogP contribution in [0.3, 0.4) is 0 Å². The Balaban J connectivity index is 1.33. The molecule has 1 aliphatic heterocycles. The normalized spacial score (nSPS) is 15.4. The molecule has 128 valence electrons. The maximum absolute atomic E-state index is 12.3. The molecule has 3 aromatic rings. The lowest BCUT2D eigenvalue weighted by molar-refractivity contribution is 0.0617. The van der Waals surface area contributed by atoms with Gasteiger partial charge in [0.25, 0.3) is 5.91 Å². The van der Waals surface area contributed by atoms with Gasteiger partial charge >= 0.3 is 0 Å². The molecule has 1 saturated heterocycles. The van der Waals surface area contributed by atoms with Crippen LogP contribution in [0.25, 0.3) is 11.3 Å². The van der Waals surface area contributed by atoms with E-state index in [4.69, 9.17) is 8.94 Å². The first-order valence-corrected chi connectivity index (χ1v) is 8.34. The molecule has 0 radical (unpaired) electrons. The number of carbonyl (C=O) groups is 1. The SMILES string of the molecule is O=C(c1ccoc1)N1CCN(Cc2cc(-c3ccccc3)no2)CC1. The van der Waals surface area contributed by atoms with Crippen LogP contribution in [0.15, 0.2) is 63.9 Å². The first-order chi connectivity index (χ1) is 12.3. The molecule has 0 saturated carbocycles. The van der Waals surface area contributed by atoms with Crippen molar-refractivity contribution in [3.05, 3.63) is 66.3 Å². The molecule has 6 nitrogen and oxygen atoms in total. The van der Waals surface area contributed by atoms with E-state index in [-0.39, 0.29) is 5.91 Å². The van der Waals surface area contributed by atoms with Gasteiger partial charge < -0.3 is 13.8 Å². The van der Waals surface area contributed by atoms with Crippen molar-refractivity contribution in [2.45, 2.75) is 6.54 Å². The molecule has 3 heterocycles. The quantitative estimate of drug-likeness (QED) is 0.732. The first kappa shape index (κ1) is 15.7. The third-order valence-electron chi connectivity index (χ3n) is 4.44. The van der Waals surface area contributed by atoms with Crippen LogP contribution in [0.4, 0.5) is 0 Å². The highest BCUT2D eigenvalue weighted by Crippen LogP contribution is 2.20. The molecule has 1 aliphatic rings. The Kier molecular flexibility index (Phi) is 4.35. The zero-order chi connectivity index (χ0) is 17.1. The van der Waals surface area contributed by atoms with Crippen molar-refractivity contribution in [1.29, 1.82) is 0 Å². The lowest BCUT2D eigenvalue weighted by Crippen LogP contribution is -2.48. The number of hydrogen-bond acceptors (Lipinski definition) is 5. The smallest absolute Gasteiger partial charge is 0.257 e. The van der Waals surface area contributed by atoms with Crippen LogP contribution in [0.5, 0.6) is 0 Å². The molecule has 2 aromatic heterocycles. The van der Waals surface area contributed by atoms with Crippen molar-refractivity contribution in [2.24, 2.45) is 0 Å². The molecule has 0 N–H and O–H groups in total. The van der Waals surface area contributed by atoms with E-state index in [1.807, 2.05) is 41.3 Å². The van der Waals surface area contributed by atoms with E-state index >= 15 is 0 Å². The Labute approximate surface area is 145 Å². The van der Waals surface area contributed by atoms with Gasteiger partial charge in [0.05, 0.1) is 18.4 Å². The van der Waals surface area contributed by atoms with Crippen molar-refractivity contribution in [3.8, 4) is 11.3 Å². The second-order valence-electron chi connectivity index (χ2n) is 6.12. The minimum Gasteiger partial charge on any atom is -0.472 e. The summed E-state index contributed by atoms with van der Waals surface area (Å²) in [4.78, 5) is 16.4. The minimum absolute atomic E-state index is 0.0272. The largest absolute Gasteiger partial charge is 0.472 e. The summed E-state index contributed by atoms with van der Waals surface area (Å²) in [6.45, 7) is 3.72. The van der Waals surface area contributed by atoms with Gasteiger partial charge in [-0.05, 0) is 6.07 Å². The highest BCUT2D eigenvalue weighted by molar-refractivity contribution is 5.93. The zero-order valence-electron chi connectivity index (χ0n) is 13.8. The summed E-state index contributed by atoms with van der Waals surface area (Å²) in [5, 5.41) is 4.15. The summed E-state index contributed by atoms with van der Waals surface area (Å²) in [5.41, 5.74) is 2.51. The fraction of sp³-hybridized carbons (Fsp3) is 0.263. The monoisotopic (exact) mass is 337 g/mol. The Morgan fingerprint density at radius 1 is 1.08 bits per heavy atom. The van der Waals surface area contributed by atoms with E-state index < -0.39 is 0 Å². The lowest BCUT2D eigenvalue weighted by atomic mass is 10.1. The van der Waals surface area contributed by atoms with E-state index in [0.717, 1.165) is 30.1 Å². The van der Waals surface area contributed by atoms with Crippen molar-refractivity contribution in [1.82, 2.24) is 15.0 Å². The summed E-state index contributed by atoms with van der Waals surface area (Å²) < 4.78 is 10.5. The van der Waals surface area contributed by atoms with Gasteiger partial charge in [0.1, 0.15) is 12.0 Å². The number of nitrogens with zero attached hydrogens (tertiary/aromatic N) is 3. The molecule has 25 heavy (non-hydrogen) atoms. The molecule has 6 heteroatoms. The Morgan fingerprint density at radius 2 is 1.88 bits per heavy atom. The Hall–Kier alpha value is -2.86. The molecular weight excluding hydrogens is 318 g/mol. The van der Waals surface area contributed by atoms with Gasteiger partial charge in [-0.15, -0.1) is 0 Å². The lowest BCUT2D eigenvalue weighted by Gasteiger charge is -2.33. The van der Waals surface area contributed by atoms with Gasteiger partial charge in [-0.25, -0.2) is 0 Å². The minimum atomic E-state index is 0.0272. The Morgan fingerprint density at radius 3 is 2.60 bits per heavy atom. The van der Waals surface area contributed by atoms with Crippen LogP contribution in [0, 0.1) is 0 Å². The van der Waals surface area contributed by atoms with Crippen LogP contribution in [0.2, 0.25) is 0 Å². The second kappa shape index (κ2) is 6.94. The standard InChI is InChI=1S/C19H19N3O3/c23-19(16-6-11-24-14-16)22-9-7-21(8-10-22)13-17-12-18(20-25-17)15-4-2-1-3-5-15/h1-6,11-12,14H,7-10,13H2. The molecule has 1 fully saturated rings. The van der Waals surface area contributed by atoms with Crippen molar-refractivity contribution in [2.75, 3.05) is 26.2 Å². The number of carbonyl (C=O) groups excluding carboxylic acids is 1.